The Hall–Kier alpha value is -3.85. The fraction of sp³-hybridized carbons (Fsp3) is 0.217. The molecule has 10 heteroatoms. The summed E-state index contributed by atoms with van der Waals surface area (Å²) in [6.45, 7) is 2.58. The van der Waals surface area contributed by atoms with E-state index in [9.17, 15) is 4.79 Å². The van der Waals surface area contributed by atoms with Gasteiger partial charge >= 0.3 is 0 Å². The molecule has 9 nitrogen and oxygen atoms in total. The van der Waals surface area contributed by atoms with Gasteiger partial charge in [0.2, 0.25) is 5.82 Å². The molecule has 0 atom stereocenters. The van der Waals surface area contributed by atoms with Gasteiger partial charge in [0.25, 0.3) is 5.56 Å². The lowest BCUT2D eigenvalue weighted by molar-refractivity contribution is 0.689. The summed E-state index contributed by atoms with van der Waals surface area (Å²) in [5, 5.41) is 21.1. The van der Waals surface area contributed by atoms with E-state index in [0.29, 0.717) is 23.4 Å². The van der Waals surface area contributed by atoms with E-state index in [2.05, 4.69) is 54.9 Å². The van der Waals surface area contributed by atoms with E-state index in [4.69, 9.17) is 11.6 Å². The summed E-state index contributed by atoms with van der Waals surface area (Å²) in [4.78, 5) is 17.4. The number of unbranched alkanes of at least 4 members (excludes halogenated alkanes) is 1. The van der Waals surface area contributed by atoms with Crippen LogP contribution in [0.3, 0.4) is 0 Å². The third kappa shape index (κ3) is 3.91. The lowest BCUT2D eigenvalue weighted by Crippen LogP contribution is -2.15. The van der Waals surface area contributed by atoms with Crippen LogP contribution in [-0.4, -0.2) is 40.4 Å². The van der Waals surface area contributed by atoms with Crippen LogP contribution in [0.4, 0.5) is 0 Å². The third-order valence-corrected chi connectivity index (χ3v) is 5.88. The van der Waals surface area contributed by atoms with Gasteiger partial charge in [0.15, 0.2) is 5.15 Å². The van der Waals surface area contributed by atoms with Crippen molar-refractivity contribution in [3.05, 3.63) is 75.4 Å². The molecule has 33 heavy (non-hydrogen) atoms. The number of halogens is 1. The number of imidazole rings is 1. The Labute approximate surface area is 193 Å². The third-order valence-electron chi connectivity index (χ3n) is 5.62. The van der Waals surface area contributed by atoms with Gasteiger partial charge in [-0.15, -0.1) is 10.2 Å². The van der Waals surface area contributed by atoms with E-state index in [1.807, 2.05) is 41.0 Å². The molecular weight excluding hydrogens is 440 g/mol. The SMILES string of the molecule is CCCCc1nc2c(Cl)n[nH]c(=O)c2n1Cc1ccccc1-c1ccccc1-c1nn[nH]n1. The molecule has 2 N–H and O–H groups in total. The molecule has 0 saturated heterocycles. The number of aryl methyl sites for hydroxylation is 1. The predicted molar refractivity (Wildman–Crippen MR) is 126 cm³/mol. The Morgan fingerprint density at radius 1 is 1.00 bits per heavy atom. The molecule has 0 saturated carbocycles. The van der Waals surface area contributed by atoms with Crippen molar-refractivity contribution in [2.75, 3.05) is 0 Å². The van der Waals surface area contributed by atoms with Crippen LogP contribution in [0.1, 0.15) is 31.2 Å². The molecule has 0 aliphatic carbocycles. The maximum absolute atomic E-state index is 12.7. The van der Waals surface area contributed by atoms with Crippen LogP contribution in [-0.2, 0) is 13.0 Å². The van der Waals surface area contributed by atoms with Crippen molar-refractivity contribution in [3.8, 4) is 22.5 Å². The van der Waals surface area contributed by atoms with Crippen molar-refractivity contribution < 1.29 is 0 Å². The monoisotopic (exact) mass is 460 g/mol. The maximum Gasteiger partial charge on any atom is 0.290 e. The summed E-state index contributed by atoms with van der Waals surface area (Å²) in [6, 6.07) is 16.0. The molecule has 0 radical (unpaired) electrons. The fourth-order valence-corrected chi connectivity index (χ4v) is 4.23. The average Bonchev–Trinajstić information content (AvgIpc) is 3.50. The zero-order valence-electron chi connectivity index (χ0n) is 17.9. The van der Waals surface area contributed by atoms with Gasteiger partial charge in [-0.25, -0.2) is 10.1 Å². The zero-order chi connectivity index (χ0) is 22.8. The highest BCUT2D eigenvalue weighted by Gasteiger charge is 2.19. The Kier molecular flexibility index (Phi) is 5.70. The largest absolute Gasteiger partial charge is 0.319 e. The van der Waals surface area contributed by atoms with Crippen LogP contribution in [0, 0.1) is 0 Å². The minimum atomic E-state index is -0.311. The number of fused-ring (bicyclic) bond motifs is 1. The molecule has 0 aliphatic heterocycles. The number of rotatable bonds is 7. The van der Waals surface area contributed by atoms with E-state index in [0.717, 1.165) is 47.3 Å². The molecular formula is C23H21ClN8O. The molecule has 0 spiro atoms. The Morgan fingerprint density at radius 3 is 2.52 bits per heavy atom. The van der Waals surface area contributed by atoms with Gasteiger partial charge in [-0.3, -0.25) is 4.79 Å². The summed E-state index contributed by atoms with van der Waals surface area (Å²) in [7, 11) is 0. The summed E-state index contributed by atoms with van der Waals surface area (Å²) < 4.78 is 1.95. The van der Waals surface area contributed by atoms with Gasteiger partial charge < -0.3 is 4.57 Å². The van der Waals surface area contributed by atoms with E-state index in [1.54, 1.807) is 0 Å². The lowest BCUT2D eigenvalue weighted by atomic mass is 9.95. The second-order valence-electron chi connectivity index (χ2n) is 7.70. The van der Waals surface area contributed by atoms with Gasteiger partial charge in [-0.1, -0.05) is 73.5 Å². The number of tetrazole rings is 1. The summed E-state index contributed by atoms with van der Waals surface area (Å²) in [5.41, 5.74) is 4.43. The Bertz CT molecular complexity index is 1470. The number of aromatic nitrogens is 8. The first-order valence-electron chi connectivity index (χ1n) is 10.7. The molecule has 0 fully saturated rings. The first kappa shape index (κ1) is 21.0. The second kappa shape index (κ2) is 8.95. The van der Waals surface area contributed by atoms with Crippen molar-refractivity contribution in [1.29, 1.82) is 0 Å². The van der Waals surface area contributed by atoms with Crippen molar-refractivity contribution in [2.24, 2.45) is 0 Å². The molecule has 0 amide bonds. The molecule has 166 valence electrons. The number of nitrogens with zero attached hydrogens (tertiary/aromatic N) is 6. The van der Waals surface area contributed by atoms with Crippen molar-refractivity contribution in [1.82, 2.24) is 40.4 Å². The molecule has 0 bridgehead atoms. The molecule has 0 aliphatic rings. The van der Waals surface area contributed by atoms with E-state index >= 15 is 0 Å². The van der Waals surface area contributed by atoms with E-state index in [-0.39, 0.29) is 10.7 Å². The Morgan fingerprint density at radius 2 is 1.76 bits per heavy atom. The number of H-pyrrole nitrogens is 2. The van der Waals surface area contributed by atoms with Gasteiger partial charge in [0.05, 0.1) is 6.54 Å². The summed E-state index contributed by atoms with van der Waals surface area (Å²) in [5.74, 6) is 1.33. The van der Waals surface area contributed by atoms with Crippen LogP contribution in [0.5, 0.6) is 0 Å². The second-order valence-corrected chi connectivity index (χ2v) is 8.05. The fourth-order valence-electron chi connectivity index (χ4n) is 4.06. The molecule has 3 heterocycles. The van der Waals surface area contributed by atoms with Crippen LogP contribution in [0.25, 0.3) is 33.5 Å². The molecule has 2 aromatic carbocycles. The summed E-state index contributed by atoms with van der Waals surface area (Å²) >= 11 is 6.28. The van der Waals surface area contributed by atoms with E-state index < -0.39 is 0 Å². The zero-order valence-corrected chi connectivity index (χ0v) is 18.7. The van der Waals surface area contributed by atoms with Crippen molar-refractivity contribution in [3.63, 3.8) is 0 Å². The quantitative estimate of drug-likeness (QED) is 0.379. The average molecular weight is 461 g/mol. The number of nitrogens with one attached hydrogen (secondary N) is 2. The first-order valence-corrected chi connectivity index (χ1v) is 11.1. The molecule has 5 rings (SSSR count). The Balaban J connectivity index is 1.67. The summed E-state index contributed by atoms with van der Waals surface area (Å²) in [6.07, 6.45) is 2.71. The minimum Gasteiger partial charge on any atom is -0.319 e. The highest BCUT2D eigenvalue weighted by Crippen LogP contribution is 2.33. The van der Waals surface area contributed by atoms with Gasteiger partial charge in [0.1, 0.15) is 16.9 Å². The minimum absolute atomic E-state index is 0.192. The normalized spacial score (nSPS) is 11.3. The lowest BCUT2D eigenvalue weighted by Gasteiger charge is -2.15. The van der Waals surface area contributed by atoms with E-state index in [1.165, 1.54) is 0 Å². The highest BCUT2D eigenvalue weighted by atomic mass is 35.5. The number of hydrogen-bond donors (Lipinski definition) is 2. The number of aromatic amines is 2. The maximum atomic E-state index is 12.7. The van der Waals surface area contributed by atoms with Crippen LogP contribution in [0.2, 0.25) is 5.15 Å². The number of benzene rings is 2. The van der Waals surface area contributed by atoms with Gasteiger partial charge in [0, 0.05) is 12.0 Å². The van der Waals surface area contributed by atoms with Crippen LogP contribution in [0.15, 0.2) is 53.3 Å². The van der Waals surface area contributed by atoms with Gasteiger partial charge in [-0.05, 0) is 28.3 Å². The van der Waals surface area contributed by atoms with Crippen LogP contribution < -0.4 is 5.56 Å². The smallest absolute Gasteiger partial charge is 0.290 e. The van der Waals surface area contributed by atoms with Crippen molar-refractivity contribution in [2.45, 2.75) is 32.7 Å². The number of hydrogen-bond acceptors (Lipinski definition) is 6. The standard InChI is InChI=1S/C23H21ClN8O/c1-2-3-12-18-25-19-20(23(33)29-26-21(19)24)32(18)13-14-8-4-5-9-15(14)16-10-6-7-11-17(16)22-27-30-31-28-22/h4-11H,2-3,12-13H2,1H3,(H,29,33)(H,27,28,30,31). The topological polar surface area (TPSA) is 118 Å². The predicted octanol–water partition coefficient (Wildman–Crippen LogP) is 4.01. The first-order chi connectivity index (χ1) is 16.2. The highest BCUT2D eigenvalue weighted by molar-refractivity contribution is 6.33. The van der Waals surface area contributed by atoms with Crippen LogP contribution >= 0.6 is 11.6 Å². The van der Waals surface area contributed by atoms with Gasteiger partial charge in [-0.2, -0.15) is 10.3 Å². The molecule has 0 unspecified atom stereocenters. The van der Waals surface area contributed by atoms with Crippen molar-refractivity contribution >= 4 is 22.6 Å². The molecule has 5 aromatic rings. The molecule has 3 aromatic heterocycles.